The van der Waals surface area contributed by atoms with Crippen molar-refractivity contribution in [1.82, 2.24) is 26.6 Å². The summed E-state index contributed by atoms with van der Waals surface area (Å²) < 4.78 is 0. The smallest absolute Gasteiger partial charge is 0.327 e. The fourth-order valence-corrected chi connectivity index (χ4v) is 4.23. The van der Waals surface area contributed by atoms with E-state index in [2.05, 4.69) is 39.2 Å². The van der Waals surface area contributed by atoms with Gasteiger partial charge in [-0.15, -0.1) is 0 Å². The number of thiol groups is 1. The van der Waals surface area contributed by atoms with E-state index in [1.807, 2.05) is 13.8 Å². The monoisotopic (exact) mass is 588 g/mol. The van der Waals surface area contributed by atoms with Crippen molar-refractivity contribution in [1.29, 1.82) is 0 Å². The number of primary amides is 1. The fourth-order valence-electron chi connectivity index (χ4n) is 3.98. The predicted molar refractivity (Wildman–Crippen MR) is 145 cm³/mol. The predicted octanol–water partition coefficient (Wildman–Crippen LogP) is -2.13. The van der Waals surface area contributed by atoms with Crippen LogP contribution in [0.3, 0.4) is 0 Å². The van der Waals surface area contributed by atoms with Crippen molar-refractivity contribution in [3.63, 3.8) is 0 Å². The lowest BCUT2D eigenvalue weighted by Crippen LogP contribution is -2.58. The third-order valence-electron chi connectivity index (χ3n) is 6.11. The molecule has 226 valence electrons. The lowest BCUT2D eigenvalue weighted by molar-refractivity contribution is -0.141. The van der Waals surface area contributed by atoms with Crippen LogP contribution in [0, 0.1) is 5.92 Å². The molecule has 5 unspecified atom stereocenters. The quantitative estimate of drug-likeness (QED) is 0.0787. The van der Waals surface area contributed by atoms with Crippen LogP contribution in [0.2, 0.25) is 0 Å². The molecule has 5 amide bonds. The number of carbonyl (C=O) groups excluding carboxylic acids is 5. The Bertz CT molecular complexity index is 942. The molecule has 0 saturated carbocycles. The van der Waals surface area contributed by atoms with Gasteiger partial charge >= 0.3 is 11.9 Å². The summed E-state index contributed by atoms with van der Waals surface area (Å²) in [6, 6.07) is -5.71. The molecule has 9 N–H and O–H groups in total. The van der Waals surface area contributed by atoms with Gasteiger partial charge in [0.1, 0.15) is 24.2 Å². The summed E-state index contributed by atoms with van der Waals surface area (Å²) >= 11 is 3.87. The lowest BCUT2D eigenvalue weighted by atomic mass is 10.0. The first-order chi connectivity index (χ1) is 18.7. The number of rotatable bonds is 18. The summed E-state index contributed by atoms with van der Waals surface area (Å²) in [5.74, 6) is -6.64. The number of aliphatic carboxylic acids is 2. The van der Waals surface area contributed by atoms with E-state index >= 15 is 0 Å². The molecule has 1 saturated heterocycles. The Hall–Kier alpha value is -3.40. The third-order valence-corrected chi connectivity index (χ3v) is 6.47. The molecule has 1 fully saturated rings. The van der Waals surface area contributed by atoms with E-state index in [1.54, 1.807) is 0 Å². The molecule has 16 heteroatoms. The lowest BCUT2D eigenvalue weighted by Gasteiger charge is -2.26. The molecule has 0 aromatic carbocycles. The number of carboxylic acid groups (broad SMARTS) is 2. The molecule has 0 aliphatic carbocycles. The molecule has 5 atom stereocenters. The largest absolute Gasteiger partial charge is 0.481 e. The first-order valence-corrected chi connectivity index (χ1v) is 13.7. The van der Waals surface area contributed by atoms with Crippen molar-refractivity contribution in [2.24, 2.45) is 11.7 Å². The number of hydrogen-bond donors (Lipinski definition) is 9. The molecule has 1 heterocycles. The maximum atomic E-state index is 13.2. The van der Waals surface area contributed by atoms with E-state index in [0.29, 0.717) is 13.0 Å². The highest BCUT2D eigenvalue weighted by Crippen LogP contribution is 2.10. The number of nitrogens with one attached hydrogen (secondary N) is 5. The maximum Gasteiger partial charge on any atom is 0.327 e. The topological polar surface area (TPSA) is 246 Å². The van der Waals surface area contributed by atoms with Crippen LogP contribution in [0.25, 0.3) is 0 Å². The second-order valence-electron chi connectivity index (χ2n) is 9.98. The van der Waals surface area contributed by atoms with Crippen LogP contribution in [0.5, 0.6) is 0 Å². The first-order valence-electron chi connectivity index (χ1n) is 13.0. The van der Waals surface area contributed by atoms with E-state index in [4.69, 9.17) is 10.8 Å². The molecule has 1 aliphatic heterocycles. The number of carboxylic acids is 2. The van der Waals surface area contributed by atoms with Gasteiger partial charge in [-0.3, -0.25) is 28.8 Å². The highest BCUT2D eigenvalue weighted by atomic mass is 32.1. The van der Waals surface area contributed by atoms with Gasteiger partial charge in [-0.1, -0.05) is 13.8 Å². The fraction of sp³-hybridized carbons (Fsp3) is 0.708. The van der Waals surface area contributed by atoms with E-state index in [1.165, 1.54) is 0 Å². The van der Waals surface area contributed by atoms with Gasteiger partial charge in [-0.25, -0.2) is 4.79 Å². The Balaban J connectivity index is 3.10. The number of carbonyl (C=O) groups is 7. The maximum absolute atomic E-state index is 13.2. The average molecular weight is 589 g/mol. The second-order valence-corrected chi connectivity index (χ2v) is 10.3. The van der Waals surface area contributed by atoms with Gasteiger partial charge in [-0.2, -0.15) is 12.6 Å². The molecule has 0 spiro atoms. The Morgan fingerprint density at radius 3 is 1.80 bits per heavy atom. The highest BCUT2D eigenvalue weighted by molar-refractivity contribution is 7.80. The zero-order valence-corrected chi connectivity index (χ0v) is 23.5. The van der Waals surface area contributed by atoms with E-state index in [9.17, 15) is 38.7 Å². The van der Waals surface area contributed by atoms with Crippen LogP contribution >= 0.6 is 12.6 Å². The Morgan fingerprint density at radius 1 is 0.850 bits per heavy atom. The van der Waals surface area contributed by atoms with Crippen molar-refractivity contribution >= 4 is 54.1 Å². The van der Waals surface area contributed by atoms with Crippen LogP contribution in [0.1, 0.15) is 58.8 Å². The van der Waals surface area contributed by atoms with Crippen LogP contribution in [-0.2, 0) is 33.6 Å². The Morgan fingerprint density at radius 2 is 1.38 bits per heavy atom. The molecule has 15 nitrogen and oxygen atoms in total. The minimum absolute atomic E-state index is 0.0187. The van der Waals surface area contributed by atoms with Crippen molar-refractivity contribution in [2.75, 3.05) is 12.3 Å². The number of amides is 5. The van der Waals surface area contributed by atoms with Gasteiger partial charge in [0.25, 0.3) is 0 Å². The minimum Gasteiger partial charge on any atom is -0.481 e. The van der Waals surface area contributed by atoms with Crippen molar-refractivity contribution in [3.05, 3.63) is 0 Å². The summed E-state index contributed by atoms with van der Waals surface area (Å²) in [5.41, 5.74) is 5.16. The van der Waals surface area contributed by atoms with E-state index < -0.39 is 72.2 Å². The molecule has 40 heavy (non-hydrogen) atoms. The number of hydrogen-bond acceptors (Lipinski definition) is 9. The molecule has 1 rings (SSSR count). The summed E-state index contributed by atoms with van der Waals surface area (Å²) in [6.07, 6.45) is 0.176. The zero-order valence-electron chi connectivity index (χ0n) is 22.6. The molecule has 0 radical (unpaired) electrons. The zero-order chi connectivity index (χ0) is 30.4. The Labute approximate surface area is 237 Å². The second kappa shape index (κ2) is 17.3. The summed E-state index contributed by atoms with van der Waals surface area (Å²) in [5, 5.41) is 31.1. The molecular formula is C24H40N6O9S. The van der Waals surface area contributed by atoms with E-state index in [0.717, 1.165) is 6.42 Å². The standard InChI is InChI=1S/C24H40N6O9S/c1-12(2)10-16(29-20(34)13-4-3-9-26-13)23(37)28-15(6-8-19(32)33)21(35)27-14(5-7-18(25)31)22(36)30-17(11-40)24(38)39/h12-17,26,40H,3-11H2,1-2H3,(H2,25,31)(H,27,35)(H,28,37)(H,29,34)(H,30,36)(H,32,33)(H,38,39). The van der Waals surface area contributed by atoms with Crippen LogP contribution in [0.15, 0.2) is 0 Å². The van der Waals surface area contributed by atoms with Crippen LogP contribution in [0.4, 0.5) is 0 Å². The molecule has 0 aromatic heterocycles. The molecule has 1 aliphatic rings. The Kier molecular flexibility index (Phi) is 15.0. The van der Waals surface area contributed by atoms with Crippen LogP contribution in [-0.4, -0.2) is 94.2 Å². The van der Waals surface area contributed by atoms with Crippen LogP contribution < -0.4 is 32.3 Å². The highest BCUT2D eigenvalue weighted by Gasteiger charge is 2.33. The van der Waals surface area contributed by atoms with Crippen molar-refractivity contribution < 1.29 is 43.8 Å². The van der Waals surface area contributed by atoms with Gasteiger partial charge in [0.2, 0.25) is 29.5 Å². The van der Waals surface area contributed by atoms with Gasteiger partial charge in [-0.05, 0) is 44.6 Å². The molecular weight excluding hydrogens is 548 g/mol. The minimum atomic E-state index is -1.43. The average Bonchev–Trinajstić information content (AvgIpc) is 3.41. The van der Waals surface area contributed by atoms with Crippen molar-refractivity contribution in [2.45, 2.75) is 89.0 Å². The summed E-state index contributed by atoms with van der Waals surface area (Å²) in [4.78, 5) is 85.6. The SMILES string of the molecule is CC(C)CC(NC(=O)C1CCCN1)C(=O)NC(CCC(=O)O)C(=O)NC(CCC(N)=O)C(=O)NC(CS)C(=O)O. The van der Waals surface area contributed by atoms with Gasteiger partial charge < -0.3 is 42.5 Å². The first kappa shape index (κ1) is 34.6. The van der Waals surface area contributed by atoms with Gasteiger partial charge in [0.05, 0.1) is 6.04 Å². The van der Waals surface area contributed by atoms with Gasteiger partial charge in [0, 0.05) is 18.6 Å². The normalized spacial score (nSPS) is 17.6. The molecule has 0 bridgehead atoms. The molecule has 0 aromatic rings. The van der Waals surface area contributed by atoms with Crippen molar-refractivity contribution in [3.8, 4) is 0 Å². The van der Waals surface area contributed by atoms with Gasteiger partial charge in [0.15, 0.2) is 0 Å². The summed E-state index contributed by atoms with van der Waals surface area (Å²) in [7, 11) is 0. The number of nitrogens with two attached hydrogens (primary N) is 1. The summed E-state index contributed by atoms with van der Waals surface area (Å²) in [6.45, 7) is 4.35. The van der Waals surface area contributed by atoms with E-state index in [-0.39, 0.29) is 43.3 Å². The third kappa shape index (κ3) is 12.6.